The van der Waals surface area contributed by atoms with Crippen molar-refractivity contribution in [2.24, 2.45) is 5.92 Å². The van der Waals surface area contributed by atoms with Gasteiger partial charge >= 0.3 is 0 Å². The van der Waals surface area contributed by atoms with Crippen LogP contribution in [-0.4, -0.2) is 36.1 Å². The van der Waals surface area contributed by atoms with Gasteiger partial charge in [0.05, 0.1) is 0 Å². The quantitative estimate of drug-likeness (QED) is 0.736. The summed E-state index contributed by atoms with van der Waals surface area (Å²) in [4.78, 5) is 2.82. The molecule has 0 amide bonds. The summed E-state index contributed by atoms with van der Waals surface area (Å²) in [5.74, 6) is 0.775. The second-order valence-electron chi connectivity index (χ2n) is 7.21. The summed E-state index contributed by atoms with van der Waals surface area (Å²) < 4.78 is 0. The Labute approximate surface area is 120 Å². The van der Waals surface area contributed by atoms with Gasteiger partial charge in [-0.05, 0) is 31.7 Å². The number of unbranched alkanes of at least 4 members (excludes halogenated alkanes) is 3. The zero-order valence-corrected chi connectivity index (χ0v) is 13.4. The van der Waals surface area contributed by atoms with Crippen LogP contribution in [0.4, 0.5) is 0 Å². The van der Waals surface area contributed by atoms with E-state index in [0.29, 0.717) is 5.54 Å². The predicted molar refractivity (Wildman–Crippen MR) is 83.5 cm³/mol. The van der Waals surface area contributed by atoms with Crippen molar-refractivity contribution < 1.29 is 0 Å². The molecule has 0 bridgehead atoms. The van der Waals surface area contributed by atoms with Crippen LogP contribution in [0.25, 0.3) is 0 Å². The highest BCUT2D eigenvalue weighted by Gasteiger charge is 2.41. The first-order valence-electron chi connectivity index (χ1n) is 8.66. The van der Waals surface area contributed by atoms with Gasteiger partial charge in [-0.15, -0.1) is 0 Å². The van der Waals surface area contributed by atoms with Crippen LogP contribution >= 0.6 is 0 Å². The molecular weight excluding hydrogens is 232 g/mol. The molecule has 1 atom stereocenters. The van der Waals surface area contributed by atoms with Gasteiger partial charge in [-0.2, -0.15) is 0 Å². The van der Waals surface area contributed by atoms with Crippen molar-refractivity contribution in [3.05, 3.63) is 0 Å². The molecule has 1 spiro atoms. The van der Waals surface area contributed by atoms with Crippen molar-refractivity contribution >= 4 is 0 Å². The van der Waals surface area contributed by atoms with E-state index in [1.165, 1.54) is 71.0 Å². The van der Waals surface area contributed by atoms with Crippen LogP contribution in [0, 0.1) is 5.92 Å². The summed E-state index contributed by atoms with van der Waals surface area (Å²) in [6.07, 6.45) is 11.2. The average Bonchev–Trinajstić information content (AvgIpc) is 2.83. The molecule has 1 saturated carbocycles. The Morgan fingerprint density at radius 2 is 1.89 bits per heavy atom. The summed E-state index contributed by atoms with van der Waals surface area (Å²) in [5, 5.41) is 3.92. The molecular formula is C17H34N2. The number of rotatable bonds is 6. The van der Waals surface area contributed by atoms with Crippen LogP contribution in [0.3, 0.4) is 0 Å². The van der Waals surface area contributed by atoms with E-state index < -0.39 is 0 Å². The molecule has 1 N–H and O–H groups in total. The third kappa shape index (κ3) is 3.95. The maximum atomic E-state index is 3.92. The van der Waals surface area contributed by atoms with E-state index in [1.54, 1.807) is 0 Å². The van der Waals surface area contributed by atoms with Gasteiger partial charge in [0.15, 0.2) is 0 Å². The van der Waals surface area contributed by atoms with E-state index in [9.17, 15) is 0 Å². The zero-order valence-electron chi connectivity index (χ0n) is 13.4. The normalized spacial score (nSPS) is 27.5. The van der Waals surface area contributed by atoms with E-state index >= 15 is 0 Å². The predicted octanol–water partition coefficient (Wildman–Crippen LogP) is 3.81. The molecule has 1 aliphatic heterocycles. The third-order valence-electron chi connectivity index (χ3n) is 5.29. The van der Waals surface area contributed by atoms with Crippen LogP contribution in [0.1, 0.15) is 72.1 Å². The minimum Gasteiger partial charge on any atom is -0.308 e. The van der Waals surface area contributed by atoms with E-state index in [2.05, 4.69) is 31.0 Å². The summed E-state index contributed by atoms with van der Waals surface area (Å²) in [7, 11) is 0. The fourth-order valence-electron chi connectivity index (χ4n) is 4.04. The van der Waals surface area contributed by atoms with E-state index in [0.717, 1.165) is 12.0 Å². The van der Waals surface area contributed by atoms with Crippen molar-refractivity contribution in [2.75, 3.05) is 19.6 Å². The fourth-order valence-corrected chi connectivity index (χ4v) is 4.04. The van der Waals surface area contributed by atoms with Gasteiger partial charge in [0, 0.05) is 24.7 Å². The van der Waals surface area contributed by atoms with E-state index in [4.69, 9.17) is 0 Å². The minimum absolute atomic E-state index is 0.482. The Morgan fingerprint density at radius 1 is 1.16 bits per heavy atom. The first-order chi connectivity index (χ1) is 9.17. The monoisotopic (exact) mass is 266 g/mol. The summed E-state index contributed by atoms with van der Waals surface area (Å²) >= 11 is 0. The van der Waals surface area contributed by atoms with Gasteiger partial charge in [-0.1, -0.05) is 52.9 Å². The van der Waals surface area contributed by atoms with Crippen molar-refractivity contribution in [2.45, 2.75) is 83.7 Å². The molecule has 2 fully saturated rings. The molecule has 112 valence electrons. The first-order valence-corrected chi connectivity index (χ1v) is 8.66. The maximum Gasteiger partial charge on any atom is 0.0309 e. The highest BCUT2D eigenvalue weighted by molar-refractivity contribution is 5.01. The molecule has 2 nitrogen and oxygen atoms in total. The second-order valence-corrected chi connectivity index (χ2v) is 7.21. The van der Waals surface area contributed by atoms with E-state index in [1.807, 2.05) is 0 Å². The van der Waals surface area contributed by atoms with Gasteiger partial charge in [0.1, 0.15) is 0 Å². The minimum atomic E-state index is 0.482. The van der Waals surface area contributed by atoms with Gasteiger partial charge in [-0.25, -0.2) is 0 Å². The van der Waals surface area contributed by atoms with Gasteiger partial charge in [-0.3, -0.25) is 4.90 Å². The molecule has 1 saturated heterocycles. The Balaban J connectivity index is 1.88. The van der Waals surface area contributed by atoms with E-state index in [-0.39, 0.29) is 0 Å². The summed E-state index contributed by atoms with van der Waals surface area (Å²) in [5.41, 5.74) is 0.482. The summed E-state index contributed by atoms with van der Waals surface area (Å²) in [6.45, 7) is 10.9. The molecule has 2 heteroatoms. The first kappa shape index (κ1) is 15.3. The second kappa shape index (κ2) is 7.08. The lowest BCUT2D eigenvalue weighted by molar-refractivity contribution is 0.0556. The lowest BCUT2D eigenvalue weighted by Crippen LogP contribution is -2.64. The Hall–Kier alpha value is -0.0800. The SMILES string of the molecule is CCCCCCN1CC2(CCCC2)NCC1C(C)C. The highest BCUT2D eigenvalue weighted by Crippen LogP contribution is 2.34. The van der Waals surface area contributed by atoms with Crippen LogP contribution in [-0.2, 0) is 0 Å². The molecule has 1 unspecified atom stereocenters. The smallest absolute Gasteiger partial charge is 0.0309 e. The van der Waals surface area contributed by atoms with Gasteiger partial charge in [0.2, 0.25) is 0 Å². The molecule has 0 aromatic carbocycles. The molecule has 1 aliphatic carbocycles. The number of hydrogen-bond acceptors (Lipinski definition) is 2. The molecule has 19 heavy (non-hydrogen) atoms. The van der Waals surface area contributed by atoms with Crippen molar-refractivity contribution in [3.63, 3.8) is 0 Å². The fraction of sp³-hybridized carbons (Fsp3) is 1.00. The van der Waals surface area contributed by atoms with Crippen molar-refractivity contribution in [3.8, 4) is 0 Å². The number of nitrogens with one attached hydrogen (secondary N) is 1. The Kier molecular flexibility index (Phi) is 5.70. The number of piperazine rings is 1. The molecule has 2 aliphatic rings. The maximum absolute atomic E-state index is 3.92. The number of hydrogen-bond donors (Lipinski definition) is 1. The number of nitrogens with zero attached hydrogens (tertiary/aromatic N) is 1. The Morgan fingerprint density at radius 3 is 2.53 bits per heavy atom. The van der Waals surface area contributed by atoms with Gasteiger partial charge in [0.25, 0.3) is 0 Å². The van der Waals surface area contributed by atoms with Gasteiger partial charge < -0.3 is 5.32 Å². The van der Waals surface area contributed by atoms with Crippen LogP contribution < -0.4 is 5.32 Å². The lowest BCUT2D eigenvalue weighted by Gasteiger charge is -2.48. The van der Waals surface area contributed by atoms with Crippen LogP contribution in [0.2, 0.25) is 0 Å². The third-order valence-corrected chi connectivity index (χ3v) is 5.29. The molecule has 0 aromatic rings. The zero-order chi connectivity index (χ0) is 13.7. The van der Waals surface area contributed by atoms with Crippen molar-refractivity contribution in [1.82, 2.24) is 10.2 Å². The molecule has 2 rings (SSSR count). The van der Waals surface area contributed by atoms with Crippen molar-refractivity contribution in [1.29, 1.82) is 0 Å². The molecule has 0 aromatic heterocycles. The highest BCUT2D eigenvalue weighted by atomic mass is 15.3. The standard InChI is InChI=1S/C17H34N2/c1-4-5-6-9-12-19-14-17(10-7-8-11-17)18-13-16(19)15(2)3/h15-16,18H,4-14H2,1-3H3. The van der Waals surface area contributed by atoms with Crippen LogP contribution in [0.5, 0.6) is 0 Å². The molecule has 1 heterocycles. The summed E-state index contributed by atoms with van der Waals surface area (Å²) in [6, 6.07) is 0.757. The molecule has 0 radical (unpaired) electrons. The average molecular weight is 266 g/mol. The topological polar surface area (TPSA) is 15.3 Å². The lowest BCUT2D eigenvalue weighted by atomic mass is 9.89. The van der Waals surface area contributed by atoms with Crippen LogP contribution in [0.15, 0.2) is 0 Å². The Bertz CT molecular complexity index is 256. The largest absolute Gasteiger partial charge is 0.308 e.